The molecule has 6 heteroatoms. The molecule has 0 amide bonds. The van der Waals surface area contributed by atoms with Gasteiger partial charge in [0.25, 0.3) is 0 Å². The van der Waals surface area contributed by atoms with Gasteiger partial charge in [-0.25, -0.2) is 4.98 Å². The normalized spacial score (nSPS) is 16.2. The van der Waals surface area contributed by atoms with Crippen molar-refractivity contribution in [3.8, 4) is 0 Å². The molecule has 0 spiro atoms. The Morgan fingerprint density at radius 3 is 2.92 bits per heavy atom. The van der Waals surface area contributed by atoms with Crippen molar-refractivity contribution in [1.82, 2.24) is 9.88 Å². The SMILES string of the molecule is CCOC(=O)CN1CCCN(c2ccc3cc(Br)ccc3n2)CC1. The van der Waals surface area contributed by atoms with Crippen molar-refractivity contribution in [3.05, 3.63) is 34.8 Å². The maximum absolute atomic E-state index is 11.7. The Labute approximate surface area is 150 Å². The van der Waals surface area contributed by atoms with Gasteiger partial charge >= 0.3 is 5.97 Å². The molecule has 0 radical (unpaired) electrons. The molecule has 1 aliphatic heterocycles. The van der Waals surface area contributed by atoms with E-state index in [-0.39, 0.29) is 5.97 Å². The zero-order valence-electron chi connectivity index (χ0n) is 13.9. The van der Waals surface area contributed by atoms with Gasteiger partial charge in [-0.1, -0.05) is 15.9 Å². The highest BCUT2D eigenvalue weighted by Gasteiger charge is 2.18. The first kappa shape index (κ1) is 17.2. The van der Waals surface area contributed by atoms with Crippen molar-refractivity contribution in [2.24, 2.45) is 0 Å². The summed E-state index contributed by atoms with van der Waals surface area (Å²) in [6.45, 7) is 6.24. The fraction of sp³-hybridized carbons (Fsp3) is 0.444. The molecular formula is C18H22BrN3O2. The fourth-order valence-corrected chi connectivity index (χ4v) is 3.39. The summed E-state index contributed by atoms with van der Waals surface area (Å²) in [5, 5.41) is 1.13. The van der Waals surface area contributed by atoms with Crippen LogP contribution in [0.2, 0.25) is 0 Å². The van der Waals surface area contributed by atoms with E-state index in [1.807, 2.05) is 19.1 Å². The van der Waals surface area contributed by atoms with E-state index in [0.29, 0.717) is 13.2 Å². The molecule has 0 atom stereocenters. The van der Waals surface area contributed by atoms with E-state index >= 15 is 0 Å². The summed E-state index contributed by atoms with van der Waals surface area (Å²) >= 11 is 3.49. The third-order valence-electron chi connectivity index (χ3n) is 4.21. The zero-order chi connectivity index (χ0) is 16.9. The largest absolute Gasteiger partial charge is 0.465 e. The van der Waals surface area contributed by atoms with Gasteiger partial charge in [0.15, 0.2) is 0 Å². The van der Waals surface area contributed by atoms with Crippen LogP contribution in [0.4, 0.5) is 5.82 Å². The highest BCUT2D eigenvalue weighted by Crippen LogP contribution is 2.22. The monoisotopic (exact) mass is 391 g/mol. The lowest BCUT2D eigenvalue weighted by molar-refractivity contribution is -0.144. The number of aromatic nitrogens is 1. The molecule has 0 unspecified atom stereocenters. The number of rotatable bonds is 4. The van der Waals surface area contributed by atoms with E-state index in [1.54, 1.807) is 0 Å². The predicted molar refractivity (Wildman–Crippen MR) is 99.3 cm³/mol. The van der Waals surface area contributed by atoms with Crippen LogP contribution in [0.1, 0.15) is 13.3 Å². The van der Waals surface area contributed by atoms with Gasteiger partial charge in [0.05, 0.1) is 18.7 Å². The summed E-state index contributed by atoms with van der Waals surface area (Å²) in [6.07, 6.45) is 1.01. The molecule has 1 fully saturated rings. The van der Waals surface area contributed by atoms with Crippen molar-refractivity contribution in [2.75, 3.05) is 44.2 Å². The number of halogens is 1. The van der Waals surface area contributed by atoms with Gasteiger partial charge in [-0.05, 0) is 43.7 Å². The summed E-state index contributed by atoms with van der Waals surface area (Å²) in [7, 11) is 0. The fourth-order valence-electron chi connectivity index (χ4n) is 3.01. The van der Waals surface area contributed by atoms with Crippen LogP contribution in [-0.4, -0.2) is 55.2 Å². The lowest BCUT2D eigenvalue weighted by Gasteiger charge is -2.22. The number of carbonyl (C=O) groups is 1. The van der Waals surface area contributed by atoms with E-state index in [9.17, 15) is 4.79 Å². The van der Waals surface area contributed by atoms with Crippen LogP contribution in [0.25, 0.3) is 10.9 Å². The second kappa shape index (κ2) is 7.94. The number of hydrogen-bond donors (Lipinski definition) is 0. The first-order valence-corrected chi connectivity index (χ1v) is 9.14. The lowest BCUT2D eigenvalue weighted by atomic mass is 10.2. The standard InChI is InChI=1S/C18H22BrN3O2/c1-2-24-18(23)13-21-8-3-9-22(11-10-21)17-7-4-14-12-15(19)5-6-16(14)20-17/h4-7,12H,2-3,8-11,13H2,1H3. The number of fused-ring (bicyclic) bond motifs is 1. The third-order valence-corrected chi connectivity index (χ3v) is 4.70. The van der Waals surface area contributed by atoms with E-state index in [2.05, 4.69) is 43.9 Å². The quantitative estimate of drug-likeness (QED) is 0.749. The van der Waals surface area contributed by atoms with Gasteiger partial charge in [0.2, 0.25) is 0 Å². The molecule has 0 N–H and O–H groups in total. The summed E-state index contributed by atoms with van der Waals surface area (Å²) < 4.78 is 6.11. The summed E-state index contributed by atoms with van der Waals surface area (Å²) in [5.41, 5.74) is 1.00. The maximum atomic E-state index is 11.7. The number of ether oxygens (including phenoxy) is 1. The molecule has 1 aliphatic rings. The Morgan fingerprint density at radius 1 is 1.21 bits per heavy atom. The molecule has 3 rings (SSSR count). The number of esters is 1. The van der Waals surface area contributed by atoms with Gasteiger partial charge in [0, 0.05) is 36.0 Å². The predicted octanol–water partition coefficient (Wildman–Crippen LogP) is 3.07. The number of benzene rings is 1. The Morgan fingerprint density at radius 2 is 2.08 bits per heavy atom. The summed E-state index contributed by atoms with van der Waals surface area (Å²) in [6, 6.07) is 10.3. The first-order valence-electron chi connectivity index (χ1n) is 8.35. The summed E-state index contributed by atoms with van der Waals surface area (Å²) in [4.78, 5) is 20.9. The van der Waals surface area contributed by atoms with Crippen molar-refractivity contribution < 1.29 is 9.53 Å². The lowest BCUT2D eigenvalue weighted by Crippen LogP contribution is -2.35. The van der Waals surface area contributed by atoms with Crippen molar-refractivity contribution in [2.45, 2.75) is 13.3 Å². The Bertz CT molecular complexity index is 722. The van der Waals surface area contributed by atoms with E-state index in [0.717, 1.165) is 53.8 Å². The van der Waals surface area contributed by atoms with Crippen LogP contribution >= 0.6 is 15.9 Å². The Hall–Kier alpha value is -1.66. The molecule has 5 nitrogen and oxygen atoms in total. The molecule has 0 saturated carbocycles. The Kier molecular flexibility index (Phi) is 5.68. The maximum Gasteiger partial charge on any atom is 0.320 e. The van der Waals surface area contributed by atoms with Crippen LogP contribution in [0.3, 0.4) is 0 Å². The van der Waals surface area contributed by atoms with Crippen molar-refractivity contribution >= 4 is 38.6 Å². The van der Waals surface area contributed by atoms with E-state index in [1.165, 1.54) is 0 Å². The Balaban J connectivity index is 1.67. The molecule has 2 heterocycles. The average Bonchev–Trinajstić information content (AvgIpc) is 2.80. The van der Waals surface area contributed by atoms with Crippen LogP contribution in [-0.2, 0) is 9.53 Å². The van der Waals surface area contributed by atoms with Crippen LogP contribution in [0.15, 0.2) is 34.8 Å². The number of nitrogens with zero attached hydrogens (tertiary/aromatic N) is 3. The number of carbonyl (C=O) groups excluding carboxylic acids is 1. The molecule has 128 valence electrons. The minimum absolute atomic E-state index is 0.139. The minimum atomic E-state index is -0.139. The first-order chi connectivity index (χ1) is 11.7. The van der Waals surface area contributed by atoms with Crippen LogP contribution in [0.5, 0.6) is 0 Å². The second-order valence-electron chi connectivity index (χ2n) is 5.93. The molecule has 1 aromatic heterocycles. The molecule has 0 bridgehead atoms. The number of anilines is 1. The molecular weight excluding hydrogens is 370 g/mol. The smallest absolute Gasteiger partial charge is 0.320 e. The molecule has 1 saturated heterocycles. The highest BCUT2D eigenvalue weighted by molar-refractivity contribution is 9.10. The molecule has 0 aliphatic carbocycles. The zero-order valence-corrected chi connectivity index (χ0v) is 15.5. The van der Waals surface area contributed by atoms with Crippen LogP contribution in [0, 0.1) is 0 Å². The number of hydrogen-bond acceptors (Lipinski definition) is 5. The molecule has 1 aromatic carbocycles. The van der Waals surface area contributed by atoms with Gasteiger partial charge in [0.1, 0.15) is 5.82 Å². The van der Waals surface area contributed by atoms with Gasteiger partial charge in [-0.15, -0.1) is 0 Å². The van der Waals surface area contributed by atoms with Gasteiger partial charge < -0.3 is 9.64 Å². The van der Waals surface area contributed by atoms with Crippen LogP contribution < -0.4 is 4.90 Å². The van der Waals surface area contributed by atoms with E-state index < -0.39 is 0 Å². The summed E-state index contributed by atoms with van der Waals surface area (Å²) in [5.74, 6) is 0.864. The molecule has 2 aromatic rings. The van der Waals surface area contributed by atoms with Crippen molar-refractivity contribution in [1.29, 1.82) is 0 Å². The average molecular weight is 392 g/mol. The molecule has 24 heavy (non-hydrogen) atoms. The topological polar surface area (TPSA) is 45.7 Å². The second-order valence-corrected chi connectivity index (χ2v) is 6.84. The van der Waals surface area contributed by atoms with Gasteiger partial charge in [-0.3, -0.25) is 9.69 Å². The van der Waals surface area contributed by atoms with Crippen molar-refractivity contribution in [3.63, 3.8) is 0 Å². The van der Waals surface area contributed by atoms with Gasteiger partial charge in [-0.2, -0.15) is 0 Å². The van der Waals surface area contributed by atoms with E-state index in [4.69, 9.17) is 9.72 Å². The number of pyridine rings is 1. The third kappa shape index (κ3) is 4.24. The minimum Gasteiger partial charge on any atom is -0.465 e. The highest BCUT2D eigenvalue weighted by atomic mass is 79.9.